The van der Waals surface area contributed by atoms with Crippen molar-refractivity contribution < 1.29 is 18.8 Å². The van der Waals surface area contributed by atoms with Gasteiger partial charge < -0.3 is 9.16 Å². The van der Waals surface area contributed by atoms with Gasteiger partial charge in [-0.25, -0.2) is 4.79 Å². The summed E-state index contributed by atoms with van der Waals surface area (Å²) in [6.45, 7) is 18.6. The first-order chi connectivity index (χ1) is 12.5. The number of hydrogen-bond donors (Lipinski definition) is 0. The van der Waals surface area contributed by atoms with Crippen molar-refractivity contribution >= 4 is 20.1 Å². The minimum absolute atomic E-state index is 0.236. The molecule has 0 aromatic heterocycles. The Balaban J connectivity index is 2.76. The van der Waals surface area contributed by atoms with E-state index in [0.717, 1.165) is 0 Å². The maximum absolute atomic E-state index is 12.4. The second-order valence-corrected chi connectivity index (χ2v) is 13.4. The highest BCUT2D eigenvalue weighted by atomic mass is 28.4. The zero-order valence-corrected chi connectivity index (χ0v) is 18.7. The summed E-state index contributed by atoms with van der Waals surface area (Å²) in [6, 6.07) is 8.78. The fourth-order valence-electron chi connectivity index (χ4n) is 3.88. The van der Waals surface area contributed by atoms with Crippen molar-refractivity contribution in [3.8, 4) is 0 Å². The fraction of sp³-hybridized carbons (Fsp3) is 0.545. The van der Waals surface area contributed by atoms with Gasteiger partial charge in [0.2, 0.25) is 8.32 Å². The molecule has 0 fully saturated rings. The molecule has 1 aromatic carbocycles. The fourth-order valence-corrected chi connectivity index (χ4v) is 9.45. The van der Waals surface area contributed by atoms with Gasteiger partial charge in [-0.05, 0) is 23.5 Å². The molecular formula is C22H34O4Si. The highest BCUT2D eigenvalue weighted by molar-refractivity contribution is 6.77. The number of Topliss-reactive ketones (excluding diaryl/α,β-unsaturated/α-hetero) is 1. The molecule has 27 heavy (non-hydrogen) atoms. The molecule has 0 aliphatic rings. The molecule has 1 rings (SSSR count). The van der Waals surface area contributed by atoms with Crippen molar-refractivity contribution in [1.82, 2.24) is 0 Å². The zero-order chi connectivity index (χ0) is 20.8. The van der Waals surface area contributed by atoms with E-state index in [1.54, 1.807) is 24.3 Å². The topological polar surface area (TPSA) is 52.6 Å². The Labute approximate surface area is 165 Å². The van der Waals surface area contributed by atoms with E-state index in [-0.39, 0.29) is 18.0 Å². The normalized spacial score (nSPS) is 13.1. The van der Waals surface area contributed by atoms with E-state index in [1.165, 1.54) is 0 Å². The molecular weight excluding hydrogens is 356 g/mol. The van der Waals surface area contributed by atoms with Crippen LogP contribution in [0.25, 0.3) is 0 Å². The smallest absolute Gasteiger partial charge is 0.336 e. The lowest BCUT2D eigenvalue weighted by molar-refractivity contribution is -0.138. The second-order valence-electron chi connectivity index (χ2n) is 7.97. The summed E-state index contributed by atoms with van der Waals surface area (Å²) in [6.07, 6.45) is -0.441. The molecule has 0 heterocycles. The standard InChI is InChI=1S/C22H34O4Si/c1-15(2)27(16(3)4,17(5)6)26-19(8)18(7)22(24)25-14-21(23)20-12-10-9-11-13-20/h9-13,15-17,19H,7,14H2,1-6,8H3. The summed E-state index contributed by atoms with van der Waals surface area (Å²) in [5, 5.41) is 0. The number of ketones is 1. The average Bonchev–Trinajstić information content (AvgIpc) is 2.62. The largest absolute Gasteiger partial charge is 0.454 e. The quantitative estimate of drug-likeness (QED) is 0.227. The Kier molecular flexibility index (Phi) is 8.63. The Morgan fingerprint density at radius 2 is 1.41 bits per heavy atom. The van der Waals surface area contributed by atoms with Crippen LogP contribution in [0.5, 0.6) is 0 Å². The van der Waals surface area contributed by atoms with Crippen LogP contribution in [-0.2, 0) is 14.0 Å². The molecule has 0 saturated heterocycles. The predicted molar refractivity (Wildman–Crippen MR) is 112 cm³/mol. The van der Waals surface area contributed by atoms with Crippen LogP contribution in [0.4, 0.5) is 0 Å². The number of benzene rings is 1. The van der Waals surface area contributed by atoms with Gasteiger partial charge in [-0.2, -0.15) is 0 Å². The monoisotopic (exact) mass is 390 g/mol. The van der Waals surface area contributed by atoms with Crippen molar-refractivity contribution in [3.05, 3.63) is 48.0 Å². The van der Waals surface area contributed by atoms with Gasteiger partial charge >= 0.3 is 5.97 Å². The lowest BCUT2D eigenvalue weighted by atomic mass is 10.1. The summed E-state index contributed by atoms with van der Waals surface area (Å²) in [4.78, 5) is 24.5. The highest BCUT2D eigenvalue weighted by Gasteiger charge is 2.46. The van der Waals surface area contributed by atoms with E-state index in [1.807, 2.05) is 13.0 Å². The van der Waals surface area contributed by atoms with E-state index in [0.29, 0.717) is 22.2 Å². The molecule has 150 valence electrons. The van der Waals surface area contributed by atoms with Crippen LogP contribution in [0, 0.1) is 0 Å². The average molecular weight is 391 g/mol. The van der Waals surface area contributed by atoms with Crippen LogP contribution < -0.4 is 0 Å². The third-order valence-corrected chi connectivity index (χ3v) is 11.4. The highest BCUT2D eigenvalue weighted by Crippen LogP contribution is 2.43. The Morgan fingerprint density at radius 1 is 0.926 bits per heavy atom. The van der Waals surface area contributed by atoms with Crippen LogP contribution in [0.1, 0.15) is 58.8 Å². The first-order valence-corrected chi connectivity index (χ1v) is 11.8. The van der Waals surface area contributed by atoms with Crippen molar-refractivity contribution in [2.75, 3.05) is 6.61 Å². The SMILES string of the molecule is C=C(C(=O)OCC(=O)c1ccccc1)C(C)O[Si](C(C)C)(C(C)C)C(C)C. The molecule has 0 N–H and O–H groups in total. The van der Waals surface area contributed by atoms with Crippen LogP contribution >= 0.6 is 0 Å². The van der Waals surface area contributed by atoms with Crippen molar-refractivity contribution in [2.24, 2.45) is 0 Å². The van der Waals surface area contributed by atoms with Gasteiger partial charge in [0.1, 0.15) is 0 Å². The molecule has 1 atom stereocenters. The van der Waals surface area contributed by atoms with Gasteiger partial charge in [0, 0.05) is 5.56 Å². The number of hydrogen-bond acceptors (Lipinski definition) is 4. The number of rotatable bonds is 10. The third-order valence-electron chi connectivity index (χ3n) is 5.27. The predicted octanol–water partition coefficient (Wildman–Crippen LogP) is 5.55. The third kappa shape index (κ3) is 5.63. The molecule has 0 spiro atoms. The van der Waals surface area contributed by atoms with Gasteiger partial charge in [-0.3, -0.25) is 4.79 Å². The zero-order valence-electron chi connectivity index (χ0n) is 17.7. The van der Waals surface area contributed by atoms with E-state index >= 15 is 0 Å². The Bertz CT molecular complexity index is 628. The number of ether oxygens (including phenoxy) is 1. The van der Waals surface area contributed by atoms with Gasteiger partial charge in [-0.15, -0.1) is 0 Å². The molecule has 0 radical (unpaired) electrons. The number of carbonyl (C=O) groups excluding carboxylic acids is 2. The summed E-state index contributed by atoms with van der Waals surface area (Å²) in [5.74, 6) is -0.813. The van der Waals surface area contributed by atoms with E-state index in [2.05, 4.69) is 48.1 Å². The maximum atomic E-state index is 12.4. The molecule has 0 bridgehead atoms. The Hall–Kier alpha value is -1.72. The van der Waals surface area contributed by atoms with Gasteiger partial charge in [0.25, 0.3) is 0 Å². The van der Waals surface area contributed by atoms with E-state index in [9.17, 15) is 9.59 Å². The first kappa shape index (κ1) is 23.3. The number of esters is 1. The minimum Gasteiger partial charge on any atom is -0.454 e. The van der Waals surface area contributed by atoms with Crippen LogP contribution in [-0.4, -0.2) is 32.8 Å². The summed E-state index contributed by atoms with van der Waals surface area (Å²) >= 11 is 0. The van der Waals surface area contributed by atoms with E-state index < -0.39 is 20.4 Å². The molecule has 1 unspecified atom stereocenters. The van der Waals surface area contributed by atoms with Gasteiger partial charge in [0.05, 0.1) is 11.7 Å². The molecule has 1 aromatic rings. The van der Waals surface area contributed by atoms with Crippen LogP contribution in [0.2, 0.25) is 16.6 Å². The van der Waals surface area contributed by atoms with Crippen molar-refractivity contribution in [2.45, 2.75) is 71.2 Å². The molecule has 0 saturated carbocycles. The maximum Gasteiger partial charge on any atom is 0.336 e. The van der Waals surface area contributed by atoms with Crippen LogP contribution in [0.15, 0.2) is 42.5 Å². The molecule has 5 heteroatoms. The Morgan fingerprint density at radius 3 is 1.85 bits per heavy atom. The van der Waals surface area contributed by atoms with E-state index in [4.69, 9.17) is 9.16 Å². The lowest BCUT2D eigenvalue weighted by Crippen LogP contribution is -2.50. The number of carbonyl (C=O) groups is 2. The van der Waals surface area contributed by atoms with Gasteiger partial charge in [-0.1, -0.05) is 78.5 Å². The summed E-state index contributed by atoms with van der Waals surface area (Å²) < 4.78 is 11.7. The van der Waals surface area contributed by atoms with Crippen molar-refractivity contribution in [3.63, 3.8) is 0 Å². The molecule has 0 aliphatic heterocycles. The molecule has 4 nitrogen and oxygen atoms in total. The van der Waals surface area contributed by atoms with Crippen molar-refractivity contribution in [1.29, 1.82) is 0 Å². The lowest BCUT2D eigenvalue weighted by Gasteiger charge is -2.44. The summed E-state index contributed by atoms with van der Waals surface area (Å²) in [5.41, 5.74) is 2.00. The first-order valence-electron chi connectivity index (χ1n) is 9.65. The molecule has 0 aliphatic carbocycles. The van der Waals surface area contributed by atoms with Crippen LogP contribution in [0.3, 0.4) is 0 Å². The second kappa shape index (κ2) is 9.99. The summed E-state index contributed by atoms with van der Waals surface area (Å²) in [7, 11) is -2.13. The minimum atomic E-state index is -2.13. The molecule has 0 amide bonds. The van der Waals surface area contributed by atoms with Gasteiger partial charge in [0.15, 0.2) is 12.4 Å².